The Bertz CT molecular complexity index is 784. The summed E-state index contributed by atoms with van der Waals surface area (Å²) >= 11 is 0. The lowest BCUT2D eigenvalue weighted by Gasteiger charge is -2.13. The standard InChI is InChI=1S/C22H27NO4/c1-5-26-19-9-7-6-8-18(19)15-23-22(24)13-11-17-10-12-20(27-16(2)3)21(14-17)25-4/h6-14,16H,5,15H2,1-4H3,(H,23,24)/b13-11+. The van der Waals surface area contributed by atoms with Crippen molar-refractivity contribution in [3.8, 4) is 17.2 Å². The minimum Gasteiger partial charge on any atom is -0.494 e. The van der Waals surface area contributed by atoms with Gasteiger partial charge in [-0.05, 0) is 50.6 Å². The van der Waals surface area contributed by atoms with Crippen LogP contribution in [0.2, 0.25) is 0 Å². The lowest BCUT2D eigenvalue weighted by Crippen LogP contribution is -2.20. The fraction of sp³-hybridized carbons (Fsp3) is 0.318. The molecule has 2 aromatic carbocycles. The van der Waals surface area contributed by atoms with Crippen molar-refractivity contribution in [2.75, 3.05) is 13.7 Å². The molecular weight excluding hydrogens is 342 g/mol. The van der Waals surface area contributed by atoms with Crippen LogP contribution in [0, 0.1) is 0 Å². The third kappa shape index (κ3) is 6.37. The molecule has 2 rings (SSSR count). The molecule has 0 unspecified atom stereocenters. The molecule has 0 bridgehead atoms. The number of nitrogens with one attached hydrogen (secondary N) is 1. The number of hydrogen-bond donors (Lipinski definition) is 1. The normalized spacial score (nSPS) is 10.9. The number of hydrogen-bond acceptors (Lipinski definition) is 4. The van der Waals surface area contributed by atoms with Crippen molar-refractivity contribution in [2.24, 2.45) is 0 Å². The van der Waals surface area contributed by atoms with Crippen molar-refractivity contribution >= 4 is 12.0 Å². The zero-order valence-corrected chi connectivity index (χ0v) is 16.3. The first kappa shape index (κ1) is 20.4. The maximum Gasteiger partial charge on any atom is 0.244 e. The minimum absolute atomic E-state index is 0.0608. The molecule has 0 aromatic heterocycles. The van der Waals surface area contributed by atoms with E-state index in [0.29, 0.717) is 24.7 Å². The molecule has 0 radical (unpaired) electrons. The van der Waals surface area contributed by atoms with Crippen LogP contribution in [-0.2, 0) is 11.3 Å². The van der Waals surface area contributed by atoms with Gasteiger partial charge < -0.3 is 19.5 Å². The summed E-state index contributed by atoms with van der Waals surface area (Å²) in [7, 11) is 1.60. The fourth-order valence-electron chi connectivity index (χ4n) is 2.50. The monoisotopic (exact) mass is 369 g/mol. The van der Waals surface area contributed by atoms with Crippen molar-refractivity contribution < 1.29 is 19.0 Å². The Morgan fingerprint density at radius 1 is 1.11 bits per heavy atom. The van der Waals surface area contributed by atoms with Crippen molar-refractivity contribution in [3.05, 3.63) is 59.7 Å². The van der Waals surface area contributed by atoms with Gasteiger partial charge in [-0.2, -0.15) is 0 Å². The zero-order valence-electron chi connectivity index (χ0n) is 16.3. The number of ether oxygens (including phenoxy) is 3. The summed E-state index contributed by atoms with van der Waals surface area (Å²) in [6.07, 6.45) is 3.30. The molecule has 5 nitrogen and oxygen atoms in total. The molecule has 0 fully saturated rings. The second-order valence-corrected chi connectivity index (χ2v) is 6.17. The highest BCUT2D eigenvalue weighted by Gasteiger charge is 2.07. The summed E-state index contributed by atoms with van der Waals surface area (Å²) < 4.78 is 16.6. The molecule has 5 heteroatoms. The van der Waals surface area contributed by atoms with Gasteiger partial charge in [0.2, 0.25) is 5.91 Å². The molecule has 1 amide bonds. The number of methoxy groups -OCH3 is 1. The molecular formula is C22H27NO4. The fourth-order valence-corrected chi connectivity index (χ4v) is 2.50. The Morgan fingerprint density at radius 3 is 2.59 bits per heavy atom. The maximum atomic E-state index is 12.1. The maximum absolute atomic E-state index is 12.1. The predicted molar refractivity (Wildman–Crippen MR) is 107 cm³/mol. The largest absolute Gasteiger partial charge is 0.494 e. The van der Waals surface area contributed by atoms with Crippen LogP contribution in [0.5, 0.6) is 17.2 Å². The number of carbonyl (C=O) groups is 1. The van der Waals surface area contributed by atoms with Gasteiger partial charge in [-0.3, -0.25) is 4.79 Å². The van der Waals surface area contributed by atoms with E-state index in [1.165, 1.54) is 6.08 Å². The van der Waals surface area contributed by atoms with Crippen molar-refractivity contribution in [1.82, 2.24) is 5.32 Å². The third-order valence-electron chi connectivity index (χ3n) is 3.70. The van der Waals surface area contributed by atoms with Crippen LogP contribution in [-0.4, -0.2) is 25.7 Å². The highest BCUT2D eigenvalue weighted by molar-refractivity contribution is 5.91. The van der Waals surface area contributed by atoms with Crippen LogP contribution in [0.15, 0.2) is 48.5 Å². The van der Waals surface area contributed by atoms with Gasteiger partial charge in [0.1, 0.15) is 5.75 Å². The number of benzene rings is 2. The average Bonchev–Trinajstić information content (AvgIpc) is 2.66. The molecule has 144 valence electrons. The lowest BCUT2D eigenvalue weighted by molar-refractivity contribution is -0.116. The summed E-state index contributed by atoms with van der Waals surface area (Å²) in [5, 5.41) is 2.87. The van der Waals surface area contributed by atoms with Gasteiger partial charge in [-0.25, -0.2) is 0 Å². The summed E-state index contributed by atoms with van der Waals surface area (Å²) in [5.74, 6) is 1.93. The van der Waals surface area contributed by atoms with E-state index in [9.17, 15) is 4.79 Å². The Hall–Kier alpha value is -2.95. The van der Waals surface area contributed by atoms with Crippen molar-refractivity contribution in [3.63, 3.8) is 0 Å². The van der Waals surface area contributed by atoms with Crippen LogP contribution in [0.3, 0.4) is 0 Å². The Morgan fingerprint density at radius 2 is 1.89 bits per heavy atom. The second kappa shape index (κ2) is 10.3. The molecule has 0 spiro atoms. The van der Waals surface area contributed by atoms with Gasteiger partial charge in [0, 0.05) is 18.2 Å². The van der Waals surface area contributed by atoms with E-state index in [1.54, 1.807) is 13.2 Å². The Kier molecular flexibility index (Phi) is 7.74. The van der Waals surface area contributed by atoms with Crippen LogP contribution in [0.4, 0.5) is 0 Å². The number of rotatable bonds is 9. The summed E-state index contributed by atoms with van der Waals surface area (Å²) in [6, 6.07) is 13.2. The minimum atomic E-state index is -0.178. The number of para-hydroxylation sites is 1. The van der Waals surface area contributed by atoms with Gasteiger partial charge >= 0.3 is 0 Å². The first-order valence-electron chi connectivity index (χ1n) is 9.04. The van der Waals surface area contributed by atoms with E-state index in [2.05, 4.69) is 5.32 Å². The van der Waals surface area contributed by atoms with E-state index in [-0.39, 0.29) is 12.0 Å². The van der Waals surface area contributed by atoms with Gasteiger partial charge in [-0.15, -0.1) is 0 Å². The SMILES string of the molecule is CCOc1ccccc1CNC(=O)/C=C/c1ccc(OC(C)C)c(OC)c1. The van der Waals surface area contributed by atoms with E-state index >= 15 is 0 Å². The molecule has 0 aliphatic carbocycles. The van der Waals surface area contributed by atoms with Gasteiger partial charge in [0.15, 0.2) is 11.5 Å². The van der Waals surface area contributed by atoms with Crippen molar-refractivity contribution in [2.45, 2.75) is 33.4 Å². The number of carbonyl (C=O) groups excluding carboxylic acids is 1. The zero-order chi connectivity index (χ0) is 19.6. The molecule has 0 aliphatic rings. The van der Waals surface area contributed by atoms with Gasteiger partial charge in [0.25, 0.3) is 0 Å². The van der Waals surface area contributed by atoms with Crippen molar-refractivity contribution in [1.29, 1.82) is 0 Å². The van der Waals surface area contributed by atoms with E-state index in [1.807, 2.05) is 63.2 Å². The van der Waals surface area contributed by atoms with Crippen LogP contribution < -0.4 is 19.5 Å². The van der Waals surface area contributed by atoms with E-state index in [0.717, 1.165) is 16.9 Å². The summed E-state index contributed by atoms with van der Waals surface area (Å²) in [5.41, 5.74) is 1.80. The van der Waals surface area contributed by atoms with Crippen LogP contribution in [0.25, 0.3) is 6.08 Å². The second-order valence-electron chi connectivity index (χ2n) is 6.17. The first-order valence-corrected chi connectivity index (χ1v) is 9.04. The molecule has 0 aliphatic heterocycles. The molecule has 0 saturated carbocycles. The van der Waals surface area contributed by atoms with E-state index < -0.39 is 0 Å². The molecule has 1 N–H and O–H groups in total. The van der Waals surface area contributed by atoms with E-state index in [4.69, 9.17) is 14.2 Å². The summed E-state index contributed by atoms with van der Waals surface area (Å²) in [4.78, 5) is 12.1. The third-order valence-corrected chi connectivity index (χ3v) is 3.70. The molecule has 0 atom stereocenters. The molecule has 0 saturated heterocycles. The van der Waals surface area contributed by atoms with Crippen LogP contribution in [0.1, 0.15) is 31.9 Å². The molecule has 27 heavy (non-hydrogen) atoms. The lowest BCUT2D eigenvalue weighted by atomic mass is 10.1. The number of amides is 1. The topological polar surface area (TPSA) is 56.8 Å². The molecule has 2 aromatic rings. The van der Waals surface area contributed by atoms with Gasteiger partial charge in [0.05, 0.1) is 19.8 Å². The average molecular weight is 369 g/mol. The highest BCUT2D eigenvalue weighted by atomic mass is 16.5. The Labute approximate surface area is 161 Å². The molecule has 0 heterocycles. The quantitative estimate of drug-likeness (QED) is 0.673. The Balaban J connectivity index is 1.98. The van der Waals surface area contributed by atoms with Crippen LogP contribution >= 0.6 is 0 Å². The summed E-state index contributed by atoms with van der Waals surface area (Å²) in [6.45, 7) is 6.85. The first-order chi connectivity index (χ1) is 13.0. The highest BCUT2D eigenvalue weighted by Crippen LogP contribution is 2.29. The van der Waals surface area contributed by atoms with Gasteiger partial charge in [-0.1, -0.05) is 24.3 Å². The predicted octanol–water partition coefficient (Wildman–Crippen LogP) is 4.21. The smallest absolute Gasteiger partial charge is 0.244 e.